The highest BCUT2D eigenvalue weighted by Gasteiger charge is 2.52. The number of rotatable bonds is 3. The fourth-order valence-corrected chi connectivity index (χ4v) is 4.09. The van der Waals surface area contributed by atoms with Crippen LogP contribution in [0.5, 0.6) is 0 Å². The van der Waals surface area contributed by atoms with Gasteiger partial charge in [0.15, 0.2) is 0 Å². The molecule has 3 nitrogen and oxygen atoms in total. The molecule has 2 aliphatic carbocycles. The van der Waals surface area contributed by atoms with Gasteiger partial charge in [-0.15, -0.1) is 10.2 Å². The van der Waals surface area contributed by atoms with E-state index in [1.54, 1.807) is 0 Å². The maximum atomic E-state index is 4.35. The molecule has 2 atom stereocenters. The Morgan fingerprint density at radius 3 is 2.67 bits per heavy atom. The Balaban J connectivity index is 1.71. The minimum Gasteiger partial charge on any atom is -0.313 e. The first-order valence-electron chi connectivity index (χ1n) is 5.87. The molecule has 1 N–H and O–H groups in total. The number of hydrogen-bond acceptors (Lipinski definition) is 4. The summed E-state index contributed by atoms with van der Waals surface area (Å²) in [5.74, 6) is 2.68. The molecule has 0 amide bonds. The van der Waals surface area contributed by atoms with E-state index in [-0.39, 0.29) is 0 Å². The van der Waals surface area contributed by atoms with Crippen molar-refractivity contribution in [1.29, 1.82) is 0 Å². The van der Waals surface area contributed by atoms with Gasteiger partial charge in [0.05, 0.1) is 0 Å². The standard InChI is InChI=1S/C11H17N3S/c1-12-6-9-13-14-11(15-9)10-7-4-2-3-5-8(7)10/h7-8,10,12H,2-6H2,1H3. The molecule has 0 radical (unpaired) electrons. The molecule has 15 heavy (non-hydrogen) atoms. The minimum atomic E-state index is 0.774. The number of aromatic nitrogens is 2. The highest BCUT2D eigenvalue weighted by Crippen LogP contribution is 2.61. The molecule has 0 aromatic carbocycles. The van der Waals surface area contributed by atoms with Crippen LogP contribution in [0.25, 0.3) is 0 Å². The van der Waals surface area contributed by atoms with E-state index in [2.05, 4.69) is 15.5 Å². The second kappa shape index (κ2) is 3.83. The predicted octanol–water partition coefficient (Wildman–Crippen LogP) is 2.16. The van der Waals surface area contributed by atoms with Crippen molar-refractivity contribution in [2.24, 2.45) is 11.8 Å². The second-order valence-corrected chi connectivity index (χ2v) is 5.80. The smallest absolute Gasteiger partial charge is 0.131 e. The van der Waals surface area contributed by atoms with Crippen LogP contribution in [0.3, 0.4) is 0 Å². The van der Waals surface area contributed by atoms with Crippen LogP contribution in [0, 0.1) is 11.8 Å². The van der Waals surface area contributed by atoms with Gasteiger partial charge in [-0.2, -0.15) is 0 Å². The van der Waals surface area contributed by atoms with Crippen molar-refractivity contribution in [3.8, 4) is 0 Å². The molecule has 4 heteroatoms. The maximum Gasteiger partial charge on any atom is 0.131 e. The first kappa shape index (κ1) is 9.73. The van der Waals surface area contributed by atoms with Crippen molar-refractivity contribution in [3.63, 3.8) is 0 Å². The van der Waals surface area contributed by atoms with Gasteiger partial charge in [0, 0.05) is 12.5 Å². The lowest BCUT2D eigenvalue weighted by molar-refractivity contribution is 0.480. The zero-order valence-electron chi connectivity index (χ0n) is 9.07. The predicted molar refractivity (Wildman–Crippen MR) is 60.9 cm³/mol. The third kappa shape index (κ3) is 1.70. The van der Waals surface area contributed by atoms with Gasteiger partial charge < -0.3 is 5.32 Å². The normalized spacial score (nSPS) is 33.8. The average Bonchev–Trinajstić information content (AvgIpc) is 2.82. The van der Waals surface area contributed by atoms with Crippen molar-refractivity contribution in [2.45, 2.75) is 38.1 Å². The number of nitrogens with one attached hydrogen (secondary N) is 1. The fourth-order valence-electron chi connectivity index (χ4n) is 2.98. The molecular weight excluding hydrogens is 206 g/mol. The lowest BCUT2D eigenvalue weighted by Gasteiger charge is -2.04. The van der Waals surface area contributed by atoms with Crippen LogP contribution < -0.4 is 5.32 Å². The van der Waals surface area contributed by atoms with E-state index >= 15 is 0 Å². The van der Waals surface area contributed by atoms with E-state index in [9.17, 15) is 0 Å². The SMILES string of the molecule is CNCc1nnc(C2C3CCCCC32)s1. The van der Waals surface area contributed by atoms with Crippen LogP contribution in [0.1, 0.15) is 41.6 Å². The summed E-state index contributed by atoms with van der Waals surface area (Å²) in [5.41, 5.74) is 0. The Morgan fingerprint density at radius 2 is 2.00 bits per heavy atom. The van der Waals surface area contributed by atoms with E-state index in [1.807, 2.05) is 18.4 Å². The highest BCUT2D eigenvalue weighted by atomic mass is 32.1. The topological polar surface area (TPSA) is 37.8 Å². The fraction of sp³-hybridized carbons (Fsp3) is 0.818. The molecule has 2 aliphatic rings. The molecule has 0 aliphatic heterocycles. The van der Waals surface area contributed by atoms with Crippen LogP contribution >= 0.6 is 11.3 Å². The van der Waals surface area contributed by atoms with Crippen molar-refractivity contribution >= 4 is 11.3 Å². The van der Waals surface area contributed by atoms with Crippen LogP contribution in [0.15, 0.2) is 0 Å². The molecule has 1 aromatic rings. The third-order valence-corrected chi connectivity index (χ3v) is 4.78. The number of nitrogens with zero attached hydrogens (tertiary/aromatic N) is 2. The summed E-state index contributed by atoms with van der Waals surface area (Å²) in [5, 5.41) is 14.1. The van der Waals surface area contributed by atoms with Gasteiger partial charge in [-0.1, -0.05) is 24.2 Å². The molecular formula is C11H17N3S. The summed E-state index contributed by atoms with van der Waals surface area (Å²) in [6, 6.07) is 0. The van der Waals surface area contributed by atoms with E-state index < -0.39 is 0 Å². The lowest BCUT2D eigenvalue weighted by atomic mass is 10.0. The van der Waals surface area contributed by atoms with Gasteiger partial charge in [-0.25, -0.2) is 0 Å². The minimum absolute atomic E-state index is 0.774. The first-order chi connectivity index (χ1) is 7.40. The Morgan fingerprint density at radius 1 is 1.27 bits per heavy atom. The number of hydrogen-bond donors (Lipinski definition) is 1. The van der Waals surface area contributed by atoms with E-state index in [0.29, 0.717) is 0 Å². The Hall–Kier alpha value is -0.480. The monoisotopic (exact) mass is 223 g/mol. The quantitative estimate of drug-likeness (QED) is 0.853. The summed E-state index contributed by atoms with van der Waals surface area (Å²) < 4.78 is 0. The van der Waals surface area contributed by atoms with Crippen LogP contribution in [-0.4, -0.2) is 17.2 Å². The van der Waals surface area contributed by atoms with E-state index in [1.165, 1.54) is 30.7 Å². The van der Waals surface area contributed by atoms with Gasteiger partial charge >= 0.3 is 0 Å². The van der Waals surface area contributed by atoms with Gasteiger partial charge in [-0.05, 0) is 31.7 Å². The van der Waals surface area contributed by atoms with Crippen molar-refractivity contribution in [2.75, 3.05) is 7.05 Å². The van der Waals surface area contributed by atoms with Gasteiger partial charge in [0.2, 0.25) is 0 Å². The summed E-state index contributed by atoms with van der Waals surface area (Å²) in [6.07, 6.45) is 5.71. The molecule has 1 aromatic heterocycles. The maximum absolute atomic E-state index is 4.35. The van der Waals surface area contributed by atoms with Crippen LogP contribution in [-0.2, 0) is 6.54 Å². The summed E-state index contributed by atoms with van der Waals surface area (Å²) in [7, 11) is 1.96. The van der Waals surface area contributed by atoms with Gasteiger partial charge in [0.25, 0.3) is 0 Å². The summed E-state index contributed by atoms with van der Waals surface area (Å²) in [6.45, 7) is 0.861. The molecule has 82 valence electrons. The van der Waals surface area contributed by atoms with E-state index in [0.717, 1.165) is 29.3 Å². The molecule has 0 saturated heterocycles. The van der Waals surface area contributed by atoms with Crippen molar-refractivity contribution < 1.29 is 0 Å². The van der Waals surface area contributed by atoms with Crippen molar-refractivity contribution in [3.05, 3.63) is 10.0 Å². The molecule has 2 saturated carbocycles. The largest absolute Gasteiger partial charge is 0.313 e. The molecule has 0 bridgehead atoms. The Kier molecular flexibility index (Phi) is 2.48. The molecule has 1 heterocycles. The zero-order valence-corrected chi connectivity index (χ0v) is 9.89. The summed E-state index contributed by atoms with van der Waals surface area (Å²) >= 11 is 1.81. The Labute approximate surface area is 94.3 Å². The highest BCUT2D eigenvalue weighted by molar-refractivity contribution is 7.11. The van der Waals surface area contributed by atoms with Gasteiger partial charge in [-0.3, -0.25) is 0 Å². The van der Waals surface area contributed by atoms with Crippen molar-refractivity contribution in [1.82, 2.24) is 15.5 Å². The summed E-state index contributed by atoms with van der Waals surface area (Å²) in [4.78, 5) is 0. The number of fused-ring (bicyclic) bond motifs is 1. The molecule has 0 spiro atoms. The van der Waals surface area contributed by atoms with Gasteiger partial charge in [0.1, 0.15) is 10.0 Å². The zero-order chi connectivity index (χ0) is 10.3. The second-order valence-electron chi connectivity index (χ2n) is 4.70. The average molecular weight is 223 g/mol. The first-order valence-corrected chi connectivity index (χ1v) is 6.68. The van der Waals surface area contributed by atoms with Crippen LogP contribution in [0.2, 0.25) is 0 Å². The molecule has 2 unspecified atom stereocenters. The molecule has 2 fully saturated rings. The lowest BCUT2D eigenvalue weighted by Crippen LogP contribution is -2.04. The van der Waals surface area contributed by atoms with E-state index in [4.69, 9.17) is 0 Å². The molecule has 3 rings (SSSR count). The third-order valence-electron chi connectivity index (χ3n) is 3.75. The Bertz CT molecular complexity index is 337. The van der Waals surface area contributed by atoms with Crippen LogP contribution in [0.4, 0.5) is 0 Å².